The minimum Gasteiger partial charge on any atom is -0.381 e. The maximum absolute atomic E-state index is 12.9. The first kappa shape index (κ1) is 12.0. The standard InChI is InChI=1S/C11H13FN6/c1-18(2)9-4-3-7(5-14-9)16-11-15-6-8(12)10(13)17-11/h3-6H,1-2H3,(H3,13,15,16,17). The molecule has 0 fully saturated rings. The molecular formula is C11H13FN6. The van der Waals surface area contributed by atoms with Crippen molar-refractivity contribution in [1.29, 1.82) is 0 Å². The number of nitrogens with zero attached hydrogens (tertiary/aromatic N) is 4. The summed E-state index contributed by atoms with van der Waals surface area (Å²) < 4.78 is 12.9. The fourth-order valence-electron chi connectivity index (χ4n) is 1.29. The summed E-state index contributed by atoms with van der Waals surface area (Å²) in [6.45, 7) is 0. The lowest BCUT2D eigenvalue weighted by Crippen LogP contribution is -2.10. The van der Waals surface area contributed by atoms with Crippen LogP contribution >= 0.6 is 0 Å². The fraction of sp³-hybridized carbons (Fsp3) is 0.182. The highest BCUT2D eigenvalue weighted by Crippen LogP contribution is 2.16. The Kier molecular flexibility index (Phi) is 3.22. The van der Waals surface area contributed by atoms with Gasteiger partial charge in [0.2, 0.25) is 5.95 Å². The van der Waals surface area contributed by atoms with E-state index in [2.05, 4.69) is 20.3 Å². The van der Waals surface area contributed by atoms with E-state index in [9.17, 15) is 4.39 Å². The van der Waals surface area contributed by atoms with Crippen LogP contribution in [0.3, 0.4) is 0 Å². The second-order valence-electron chi connectivity index (χ2n) is 3.85. The summed E-state index contributed by atoms with van der Waals surface area (Å²) in [6, 6.07) is 3.67. The number of pyridine rings is 1. The van der Waals surface area contributed by atoms with Gasteiger partial charge in [-0.25, -0.2) is 14.4 Å². The summed E-state index contributed by atoms with van der Waals surface area (Å²) in [5.74, 6) is 0.236. The van der Waals surface area contributed by atoms with Gasteiger partial charge < -0.3 is 16.0 Å². The molecule has 0 radical (unpaired) electrons. The summed E-state index contributed by atoms with van der Waals surface area (Å²) in [4.78, 5) is 13.6. The van der Waals surface area contributed by atoms with Crippen molar-refractivity contribution in [2.75, 3.05) is 30.0 Å². The van der Waals surface area contributed by atoms with E-state index in [1.807, 2.05) is 31.1 Å². The number of anilines is 4. The lowest BCUT2D eigenvalue weighted by molar-refractivity contribution is 0.620. The molecule has 0 unspecified atom stereocenters. The fourth-order valence-corrected chi connectivity index (χ4v) is 1.29. The summed E-state index contributed by atoms with van der Waals surface area (Å²) >= 11 is 0. The smallest absolute Gasteiger partial charge is 0.229 e. The molecule has 3 N–H and O–H groups in total. The first-order chi connectivity index (χ1) is 8.56. The van der Waals surface area contributed by atoms with Crippen LogP contribution in [0.25, 0.3) is 0 Å². The number of aromatic nitrogens is 3. The van der Waals surface area contributed by atoms with Gasteiger partial charge in [0.25, 0.3) is 0 Å². The van der Waals surface area contributed by atoms with E-state index in [0.29, 0.717) is 5.69 Å². The van der Waals surface area contributed by atoms with E-state index < -0.39 is 5.82 Å². The Morgan fingerprint density at radius 1 is 1.22 bits per heavy atom. The minimum absolute atomic E-state index is 0.189. The van der Waals surface area contributed by atoms with Crippen LogP contribution in [-0.4, -0.2) is 29.0 Å². The van der Waals surface area contributed by atoms with Crippen molar-refractivity contribution >= 4 is 23.3 Å². The number of nitrogen functional groups attached to an aromatic ring is 1. The molecule has 0 saturated heterocycles. The van der Waals surface area contributed by atoms with Gasteiger partial charge in [0.05, 0.1) is 18.1 Å². The molecule has 0 aromatic carbocycles. The molecule has 94 valence electrons. The Morgan fingerprint density at radius 3 is 2.56 bits per heavy atom. The van der Waals surface area contributed by atoms with Crippen LogP contribution < -0.4 is 16.0 Å². The van der Waals surface area contributed by atoms with Gasteiger partial charge in [0.15, 0.2) is 11.6 Å². The second-order valence-corrected chi connectivity index (χ2v) is 3.85. The summed E-state index contributed by atoms with van der Waals surface area (Å²) in [7, 11) is 3.80. The van der Waals surface area contributed by atoms with Gasteiger partial charge in [-0.1, -0.05) is 0 Å². The zero-order valence-corrected chi connectivity index (χ0v) is 10.1. The van der Waals surface area contributed by atoms with Crippen LogP contribution in [0.4, 0.5) is 27.7 Å². The Bertz CT molecular complexity index is 540. The number of nitrogens with one attached hydrogen (secondary N) is 1. The molecule has 7 heteroatoms. The lowest BCUT2D eigenvalue weighted by Gasteiger charge is -2.11. The van der Waals surface area contributed by atoms with Crippen molar-refractivity contribution < 1.29 is 4.39 Å². The van der Waals surface area contributed by atoms with E-state index in [1.54, 1.807) is 6.20 Å². The van der Waals surface area contributed by atoms with Gasteiger partial charge in [-0.2, -0.15) is 4.98 Å². The molecule has 2 rings (SSSR count). The molecule has 0 aliphatic rings. The van der Waals surface area contributed by atoms with Crippen LogP contribution in [0.15, 0.2) is 24.5 Å². The zero-order valence-electron chi connectivity index (χ0n) is 10.1. The minimum atomic E-state index is -0.637. The first-order valence-electron chi connectivity index (χ1n) is 5.24. The Morgan fingerprint density at radius 2 is 2.00 bits per heavy atom. The van der Waals surface area contributed by atoms with E-state index >= 15 is 0 Å². The Balaban J connectivity index is 2.15. The summed E-state index contributed by atoms with van der Waals surface area (Å²) in [5, 5.41) is 2.89. The van der Waals surface area contributed by atoms with Gasteiger partial charge >= 0.3 is 0 Å². The largest absolute Gasteiger partial charge is 0.381 e. The third kappa shape index (κ3) is 2.62. The molecule has 2 aromatic heterocycles. The number of hydrogen-bond donors (Lipinski definition) is 2. The maximum Gasteiger partial charge on any atom is 0.229 e. The quantitative estimate of drug-likeness (QED) is 0.854. The summed E-state index contributed by atoms with van der Waals surface area (Å²) in [5.41, 5.74) is 6.05. The van der Waals surface area contributed by atoms with Crippen molar-refractivity contribution in [2.45, 2.75) is 0 Å². The van der Waals surface area contributed by atoms with Crippen molar-refractivity contribution in [3.8, 4) is 0 Å². The van der Waals surface area contributed by atoms with E-state index in [0.717, 1.165) is 12.0 Å². The van der Waals surface area contributed by atoms with Crippen molar-refractivity contribution in [3.63, 3.8) is 0 Å². The normalized spacial score (nSPS) is 10.2. The third-order valence-corrected chi connectivity index (χ3v) is 2.23. The highest BCUT2D eigenvalue weighted by molar-refractivity contribution is 5.55. The maximum atomic E-state index is 12.9. The second kappa shape index (κ2) is 4.82. The topological polar surface area (TPSA) is 80.0 Å². The molecule has 0 saturated carbocycles. The van der Waals surface area contributed by atoms with E-state index in [-0.39, 0.29) is 11.8 Å². The van der Waals surface area contributed by atoms with Crippen molar-refractivity contribution in [3.05, 3.63) is 30.3 Å². The predicted molar refractivity (Wildman–Crippen MR) is 68.2 cm³/mol. The van der Waals surface area contributed by atoms with Gasteiger partial charge in [0.1, 0.15) is 5.82 Å². The molecule has 0 amide bonds. The molecule has 0 atom stereocenters. The van der Waals surface area contributed by atoms with Gasteiger partial charge in [-0.15, -0.1) is 0 Å². The predicted octanol–water partition coefficient (Wildman–Crippen LogP) is 1.40. The lowest BCUT2D eigenvalue weighted by atomic mass is 10.4. The number of nitrogens with two attached hydrogens (primary N) is 1. The summed E-state index contributed by atoms with van der Waals surface area (Å²) in [6.07, 6.45) is 2.66. The van der Waals surface area contributed by atoms with Crippen LogP contribution in [0, 0.1) is 5.82 Å². The van der Waals surface area contributed by atoms with Crippen molar-refractivity contribution in [1.82, 2.24) is 15.0 Å². The van der Waals surface area contributed by atoms with Gasteiger partial charge in [-0.05, 0) is 12.1 Å². The molecule has 0 aliphatic carbocycles. The third-order valence-electron chi connectivity index (χ3n) is 2.23. The average Bonchev–Trinajstić information content (AvgIpc) is 2.34. The molecule has 0 spiro atoms. The molecule has 18 heavy (non-hydrogen) atoms. The van der Waals surface area contributed by atoms with Gasteiger partial charge in [0, 0.05) is 14.1 Å². The Hall–Kier alpha value is -2.44. The number of hydrogen-bond acceptors (Lipinski definition) is 6. The van der Waals surface area contributed by atoms with E-state index in [1.165, 1.54) is 0 Å². The average molecular weight is 248 g/mol. The highest BCUT2D eigenvalue weighted by Gasteiger charge is 2.04. The van der Waals surface area contributed by atoms with E-state index in [4.69, 9.17) is 5.73 Å². The molecule has 0 bridgehead atoms. The first-order valence-corrected chi connectivity index (χ1v) is 5.24. The molecule has 0 aliphatic heterocycles. The monoisotopic (exact) mass is 248 g/mol. The van der Waals surface area contributed by atoms with Crippen LogP contribution in [-0.2, 0) is 0 Å². The SMILES string of the molecule is CN(C)c1ccc(Nc2ncc(F)c(N)n2)cn1. The zero-order chi connectivity index (χ0) is 13.1. The number of halogens is 1. The number of rotatable bonds is 3. The van der Waals surface area contributed by atoms with Crippen molar-refractivity contribution in [2.24, 2.45) is 0 Å². The van der Waals surface area contributed by atoms with Crippen LogP contribution in [0.5, 0.6) is 0 Å². The highest BCUT2D eigenvalue weighted by atomic mass is 19.1. The Labute approximate surface area is 104 Å². The molecule has 2 aromatic rings. The van der Waals surface area contributed by atoms with Gasteiger partial charge in [-0.3, -0.25) is 0 Å². The molecule has 6 nitrogen and oxygen atoms in total. The van der Waals surface area contributed by atoms with Crippen LogP contribution in [0.1, 0.15) is 0 Å². The molecule has 2 heterocycles. The van der Waals surface area contributed by atoms with Crippen LogP contribution in [0.2, 0.25) is 0 Å². The molecular weight excluding hydrogens is 235 g/mol.